The number of aliphatic hydroxyl groups excluding tert-OH is 1. The molecule has 15 heavy (non-hydrogen) atoms. The maximum Gasteiger partial charge on any atom is 0.118 e. The molecule has 0 aromatic carbocycles. The molecule has 1 unspecified atom stereocenters. The molecule has 1 aliphatic rings. The number of hydrogen-bond acceptors (Lipinski definition) is 4. The molecular formula is C11H18N2O2. The van der Waals surface area contributed by atoms with E-state index in [1.165, 1.54) is 0 Å². The second kappa shape index (κ2) is 4.79. The van der Waals surface area contributed by atoms with Crippen LogP contribution in [0.2, 0.25) is 0 Å². The zero-order valence-corrected chi connectivity index (χ0v) is 8.85. The fourth-order valence-corrected chi connectivity index (χ4v) is 2.01. The van der Waals surface area contributed by atoms with E-state index >= 15 is 0 Å². The van der Waals surface area contributed by atoms with E-state index in [4.69, 9.17) is 10.2 Å². The van der Waals surface area contributed by atoms with Gasteiger partial charge in [0.1, 0.15) is 11.5 Å². The lowest BCUT2D eigenvalue weighted by molar-refractivity contribution is 0.0632. The Morgan fingerprint density at radius 1 is 1.47 bits per heavy atom. The zero-order chi connectivity index (χ0) is 10.7. The predicted molar refractivity (Wildman–Crippen MR) is 57.1 cm³/mol. The molecule has 1 saturated heterocycles. The topological polar surface area (TPSA) is 62.6 Å². The summed E-state index contributed by atoms with van der Waals surface area (Å²) in [4.78, 5) is 2.22. The molecule has 1 atom stereocenters. The molecule has 4 nitrogen and oxygen atoms in total. The van der Waals surface area contributed by atoms with Crippen LogP contribution in [0.15, 0.2) is 16.5 Å². The van der Waals surface area contributed by atoms with Crippen molar-refractivity contribution in [1.29, 1.82) is 0 Å². The van der Waals surface area contributed by atoms with Crippen molar-refractivity contribution in [2.45, 2.75) is 32.0 Å². The van der Waals surface area contributed by atoms with E-state index in [1.54, 1.807) is 0 Å². The number of nitrogens with two attached hydrogens (primary N) is 1. The maximum absolute atomic E-state index is 9.52. The van der Waals surface area contributed by atoms with Gasteiger partial charge in [-0.1, -0.05) is 0 Å². The van der Waals surface area contributed by atoms with Crippen LogP contribution in [0.3, 0.4) is 0 Å². The van der Waals surface area contributed by atoms with Gasteiger partial charge in [-0.25, -0.2) is 0 Å². The van der Waals surface area contributed by atoms with Crippen LogP contribution < -0.4 is 5.73 Å². The number of β-amino-alcohol motifs (C(OH)–C–C–N with tert-alkyl or cyclic N) is 1. The molecule has 0 aliphatic carbocycles. The van der Waals surface area contributed by atoms with E-state index in [-0.39, 0.29) is 6.10 Å². The fourth-order valence-electron chi connectivity index (χ4n) is 2.01. The Bertz CT molecular complexity index is 311. The van der Waals surface area contributed by atoms with Gasteiger partial charge in [-0.15, -0.1) is 0 Å². The molecule has 0 radical (unpaired) electrons. The first-order chi connectivity index (χ1) is 7.28. The normalized spacial score (nSPS) is 23.2. The minimum absolute atomic E-state index is 0.178. The standard InChI is InChI=1S/C11H18N2O2/c12-6-10-3-4-11(15-10)8-13-5-1-2-9(14)7-13/h3-4,9,14H,1-2,5-8,12H2. The Labute approximate surface area is 89.7 Å². The summed E-state index contributed by atoms with van der Waals surface area (Å²) in [6.45, 7) is 3.01. The molecule has 3 N–H and O–H groups in total. The smallest absolute Gasteiger partial charge is 0.118 e. The van der Waals surface area contributed by atoms with Gasteiger partial charge in [0.05, 0.1) is 19.2 Å². The highest BCUT2D eigenvalue weighted by atomic mass is 16.3. The molecule has 0 saturated carbocycles. The quantitative estimate of drug-likeness (QED) is 0.770. The Morgan fingerprint density at radius 2 is 2.27 bits per heavy atom. The third-order valence-electron chi connectivity index (χ3n) is 2.78. The highest BCUT2D eigenvalue weighted by Crippen LogP contribution is 2.15. The van der Waals surface area contributed by atoms with Gasteiger partial charge in [-0.05, 0) is 31.5 Å². The molecule has 1 aromatic heterocycles. The second-order valence-corrected chi connectivity index (χ2v) is 4.10. The van der Waals surface area contributed by atoms with E-state index in [1.807, 2.05) is 12.1 Å². The van der Waals surface area contributed by atoms with Crippen LogP contribution in [-0.2, 0) is 13.1 Å². The van der Waals surface area contributed by atoms with Crippen molar-refractivity contribution in [3.63, 3.8) is 0 Å². The summed E-state index contributed by atoms with van der Waals surface area (Å²) in [7, 11) is 0. The van der Waals surface area contributed by atoms with Gasteiger partial charge in [0, 0.05) is 6.54 Å². The first-order valence-electron chi connectivity index (χ1n) is 5.46. The first-order valence-corrected chi connectivity index (χ1v) is 5.46. The number of hydrogen-bond donors (Lipinski definition) is 2. The van der Waals surface area contributed by atoms with Gasteiger partial charge in [0.2, 0.25) is 0 Å². The van der Waals surface area contributed by atoms with E-state index in [0.717, 1.165) is 44.0 Å². The Hall–Kier alpha value is -0.840. The van der Waals surface area contributed by atoms with Crippen molar-refractivity contribution in [3.05, 3.63) is 23.7 Å². The highest BCUT2D eigenvalue weighted by molar-refractivity contribution is 5.06. The van der Waals surface area contributed by atoms with Crippen molar-refractivity contribution in [2.75, 3.05) is 13.1 Å². The number of rotatable bonds is 3. The summed E-state index contributed by atoms with van der Waals surface area (Å²) in [5, 5.41) is 9.52. The molecular weight excluding hydrogens is 192 g/mol. The van der Waals surface area contributed by atoms with Crippen LogP contribution >= 0.6 is 0 Å². The van der Waals surface area contributed by atoms with Gasteiger partial charge in [0.25, 0.3) is 0 Å². The zero-order valence-electron chi connectivity index (χ0n) is 8.85. The molecule has 0 spiro atoms. The average molecular weight is 210 g/mol. The predicted octanol–water partition coefficient (Wildman–Crippen LogP) is 0.695. The third-order valence-corrected chi connectivity index (χ3v) is 2.78. The second-order valence-electron chi connectivity index (χ2n) is 4.10. The van der Waals surface area contributed by atoms with E-state index < -0.39 is 0 Å². The number of aliphatic hydroxyl groups is 1. The molecule has 84 valence electrons. The van der Waals surface area contributed by atoms with Crippen molar-refractivity contribution in [3.8, 4) is 0 Å². The summed E-state index contributed by atoms with van der Waals surface area (Å²) < 4.78 is 5.52. The summed E-state index contributed by atoms with van der Waals surface area (Å²) in [6.07, 6.45) is 1.80. The highest BCUT2D eigenvalue weighted by Gasteiger charge is 2.18. The summed E-state index contributed by atoms with van der Waals surface area (Å²) in [5.74, 6) is 1.76. The molecule has 0 amide bonds. The van der Waals surface area contributed by atoms with Gasteiger partial charge in [0.15, 0.2) is 0 Å². The summed E-state index contributed by atoms with van der Waals surface area (Å²) >= 11 is 0. The Balaban J connectivity index is 1.90. The SMILES string of the molecule is NCc1ccc(CN2CCCC(O)C2)o1. The molecule has 2 heterocycles. The third kappa shape index (κ3) is 2.81. The molecule has 1 aliphatic heterocycles. The van der Waals surface area contributed by atoms with Crippen LogP contribution in [0.4, 0.5) is 0 Å². The fraction of sp³-hybridized carbons (Fsp3) is 0.636. The number of piperidine rings is 1. The first kappa shape index (κ1) is 10.7. The van der Waals surface area contributed by atoms with Crippen LogP contribution in [0.1, 0.15) is 24.4 Å². The maximum atomic E-state index is 9.52. The van der Waals surface area contributed by atoms with E-state index in [2.05, 4.69) is 4.90 Å². The minimum atomic E-state index is -0.178. The largest absolute Gasteiger partial charge is 0.463 e. The number of furan rings is 1. The lowest BCUT2D eigenvalue weighted by atomic mass is 10.1. The van der Waals surface area contributed by atoms with Crippen molar-refractivity contribution < 1.29 is 9.52 Å². The number of nitrogens with zero attached hydrogens (tertiary/aromatic N) is 1. The monoisotopic (exact) mass is 210 g/mol. The van der Waals surface area contributed by atoms with Crippen LogP contribution in [0.25, 0.3) is 0 Å². The average Bonchev–Trinajstić information content (AvgIpc) is 2.65. The number of likely N-dealkylation sites (tertiary alicyclic amines) is 1. The lowest BCUT2D eigenvalue weighted by Gasteiger charge is -2.29. The van der Waals surface area contributed by atoms with Gasteiger partial charge >= 0.3 is 0 Å². The van der Waals surface area contributed by atoms with Crippen LogP contribution in [-0.4, -0.2) is 29.2 Å². The molecule has 0 bridgehead atoms. The van der Waals surface area contributed by atoms with Gasteiger partial charge in [-0.2, -0.15) is 0 Å². The molecule has 4 heteroatoms. The van der Waals surface area contributed by atoms with Gasteiger partial charge in [-0.3, -0.25) is 4.90 Å². The summed E-state index contributed by atoms with van der Waals surface area (Å²) in [6, 6.07) is 3.87. The lowest BCUT2D eigenvalue weighted by Crippen LogP contribution is -2.37. The van der Waals surface area contributed by atoms with E-state index in [0.29, 0.717) is 6.54 Å². The van der Waals surface area contributed by atoms with Crippen molar-refractivity contribution in [2.24, 2.45) is 5.73 Å². The Morgan fingerprint density at radius 3 is 2.93 bits per heavy atom. The van der Waals surface area contributed by atoms with Crippen LogP contribution in [0, 0.1) is 0 Å². The molecule has 1 aromatic rings. The molecule has 1 fully saturated rings. The van der Waals surface area contributed by atoms with Gasteiger partial charge < -0.3 is 15.3 Å². The van der Waals surface area contributed by atoms with Crippen molar-refractivity contribution in [1.82, 2.24) is 4.90 Å². The van der Waals surface area contributed by atoms with Crippen LogP contribution in [0.5, 0.6) is 0 Å². The molecule has 2 rings (SSSR count). The summed E-state index contributed by atoms with van der Waals surface area (Å²) in [5.41, 5.74) is 5.47. The minimum Gasteiger partial charge on any atom is -0.463 e. The van der Waals surface area contributed by atoms with Crippen molar-refractivity contribution >= 4 is 0 Å². The Kier molecular flexibility index (Phi) is 3.41. The van der Waals surface area contributed by atoms with E-state index in [9.17, 15) is 5.11 Å².